The van der Waals surface area contributed by atoms with Gasteiger partial charge in [0.05, 0.1) is 22.0 Å². The summed E-state index contributed by atoms with van der Waals surface area (Å²) in [4.78, 5) is 10.4. The third kappa shape index (κ3) is 4.18. The molecule has 1 rings (SSSR count). The molecule has 8 heteroatoms. The van der Waals surface area contributed by atoms with Crippen LogP contribution in [-0.2, 0) is 4.79 Å². The lowest BCUT2D eigenvalue weighted by Gasteiger charge is -2.01. The number of carboxylic acids is 1. The summed E-state index contributed by atoms with van der Waals surface area (Å²) in [5.41, 5.74) is 2.90. The van der Waals surface area contributed by atoms with E-state index >= 15 is 0 Å². The van der Waals surface area contributed by atoms with Crippen molar-refractivity contribution in [2.24, 2.45) is 5.10 Å². The molecule has 1 aromatic carbocycles. The Morgan fingerprint density at radius 3 is 2.67 bits per heavy atom. The lowest BCUT2D eigenvalue weighted by molar-refractivity contribution is -0.131. The van der Waals surface area contributed by atoms with Crippen molar-refractivity contribution in [2.75, 3.05) is 5.43 Å². The van der Waals surface area contributed by atoms with E-state index < -0.39 is 16.8 Å². The molecule has 96 valence electrons. The van der Waals surface area contributed by atoms with Gasteiger partial charge >= 0.3 is 5.97 Å². The predicted octanol–water partition coefficient (Wildman–Crippen LogP) is 3.65. The molecule has 0 atom stereocenters. The van der Waals surface area contributed by atoms with Gasteiger partial charge in [-0.15, -0.1) is 0 Å². The van der Waals surface area contributed by atoms with Gasteiger partial charge in [-0.05, 0) is 18.2 Å². The minimum absolute atomic E-state index is 0.0691. The van der Waals surface area contributed by atoms with Crippen LogP contribution >= 0.6 is 34.8 Å². The van der Waals surface area contributed by atoms with E-state index in [1.807, 2.05) is 0 Å². The Hall–Kier alpha value is -1.30. The standard InChI is InChI=1S/C10H6Cl3FN2O2/c11-6-3-5(1-2-8(6)14)16-15-4-7(12)9(13)10(17)18/h1-4,16H,(H,17,18)/b9-7-,15-4?. The van der Waals surface area contributed by atoms with E-state index in [9.17, 15) is 9.18 Å². The van der Waals surface area contributed by atoms with Crippen LogP contribution in [-0.4, -0.2) is 17.3 Å². The minimum Gasteiger partial charge on any atom is -0.477 e. The Labute approximate surface area is 117 Å². The van der Waals surface area contributed by atoms with Crippen LogP contribution < -0.4 is 5.43 Å². The Kier molecular flexibility index (Phi) is 5.40. The molecule has 0 spiro atoms. The fourth-order valence-electron chi connectivity index (χ4n) is 0.888. The Morgan fingerprint density at radius 1 is 1.44 bits per heavy atom. The van der Waals surface area contributed by atoms with Gasteiger partial charge in [-0.3, -0.25) is 5.43 Å². The normalized spacial score (nSPS) is 12.4. The molecule has 0 unspecified atom stereocenters. The molecule has 18 heavy (non-hydrogen) atoms. The Bertz CT molecular complexity index is 532. The van der Waals surface area contributed by atoms with Crippen molar-refractivity contribution in [2.45, 2.75) is 0 Å². The van der Waals surface area contributed by atoms with Gasteiger partial charge in [0.15, 0.2) is 0 Å². The first kappa shape index (κ1) is 14.8. The van der Waals surface area contributed by atoms with Gasteiger partial charge in [-0.25, -0.2) is 9.18 Å². The van der Waals surface area contributed by atoms with E-state index in [-0.39, 0.29) is 10.1 Å². The number of anilines is 1. The zero-order valence-corrected chi connectivity index (χ0v) is 10.9. The highest BCUT2D eigenvalue weighted by atomic mass is 35.5. The number of carboxylic acid groups (broad SMARTS) is 1. The first-order valence-corrected chi connectivity index (χ1v) is 5.58. The molecule has 0 aliphatic heterocycles. The summed E-state index contributed by atoms with van der Waals surface area (Å²) < 4.78 is 12.8. The lowest BCUT2D eigenvalue weighted by Crippen LogP contribution is -1.98. The van der Waals surface area contributed by atoms with Crippen LogP contribution in [0.15, 0.2) is 33.4 Å². The van der Waals surface area contributed by atoms with Gasteiger partial charge < -0.3 is 5.11 Å². The second kappa shape index (κ2) is 6.58. The Balaban J connectivity index is 2.73. The number of allylic oxidation sites excluding steroid dienone is 1. The highest BCUT2D eigenvalue weighted by molar-refractivity contribution is 6.51. The maximum atomic E-state index is 12.8. The van der Waals surface area contributed by atoms with Crippen LogP contribution in [0, 0.1) is 5.82 Å². The molecule has 0 saturated heterocycles. The molecule has 0 saturated carbocycles. The third-order valence-corrected chi connectivity index (χ3v) is 2.73. The zero-order valence-electron chi connectivity index (χ0n) is 8.62. The topological polar surface area (TPSA) is 61.7 Å². The maximum Gasteiger partial charge on any atom is 0.348 e. The van der Waals surface area contributed by atoms with Gasteiger partial charge in [-0.2, -0.15) is 5.10 Å². The second-order valence-electron chi connectivity index (χ2n) is 2.97. The predicted molar refractivity (Wildman–Crippen MR) is 69.9 cm³/mol. The molecule has 0 amide bonds. The number of carbonyl (C=O) groups is 1. The van der Waals surface area contributed by atoms with Crippen molar-refractivity contribution < 1.29 is 14.3 Å². The molecule has 0 heterocycles. The number of nitrogens with zero attached hydrogens (tertiary/aromatic N) is 1. The highest BCUT2D eigenvalue weighted by Gasteiger charge is 2.07. The number of aliphatic carboxylic acids is 1. The van der Waals surface area contributed by atoms with Crippen molar-refractivity contribution in [3.63, 3.8) is 0 Å². The van der Waals surface area contributed by atoms with Crippen molar-refractivity contribution in [3.05, 3.63) is 39.1 Å². The van der Waals surface area contributed by atoms with E-state index in [0.29, 0.717) is 5.69 Å². The van der Waals surface area contributed by atoms with Gasteiger partial charge in [-0.1, -0.05) is 34.8 Å². The molecule has 2 N–H and O–H groups in total. The van der Waals surface area contributed by atoms with Crippen molar-refractivity contribution in [1.82, 2.24) is 0 Å². The fraction of sp³-hybridized carbons (Fsp3) is 0. The lowest BCUT2D eigenvalue weighted by atomic mass is 10.3. The number of hydrogen-bond donors (Lipinski definition) is 2. The molecular formula is C10H6Cl3FN2O2. The fourth-order valence-corrected chi connectivity index (χ4v) is 1.25. The molecule has 0 fully saturated rings. The number of hydrogen-bond acceptors (Lipinski definition) is 3. The van der Waals surface area contributed by atoms with E-state index in [2.05, 4.69) is 10.5 Å². The summed E-state index contributed by atoms with van der Waals surface area (Å²) in [6, 6.07) is 3.86. The van der Waals surface area contributed by atoms with E-state index in [4.69, 9.17) is 39.9 Å². The minimum atomic E-state index is -1.36. The van der Waals surface area contributed by atoms with E-state index in [1.54, 1.807) is 0 Å². The smallest absolute Gasteiger partial charge is 0.348 e. The third-order valence-electron chi connectivity index (χ3n) is 1.69. The van der Waals surface area contributed by atoms with Gasteiger partial charge in [0.2, 0.25) is 0 Å². The van der Waals surface area contributed by atoms with Crippen molar-refractivity contribution >= 4 is 52.7 Å². The van der Waals surface area contributed by atoms with Crippen LogP contribution in [0.3, 0.4) is 0 Å². The van der Waals surface area contributed by atoms with Crippen LogP contribution in [0.1, 0.15) is 0 Å². The first-order chi connectivity index (χ1) is 8.41. The second-order valence-corrected chi connectivity index (χ2v) is 4.16. The number of rotatable bonds is 4. The quantitative estimate of drug-likeness (QED) is 0.507. The SMILES string of the molecule is O=C(O)/C(Cl)=C(/Cl)C=NNc1ccc(F)c(Cl)c1. The summed E-state index contributed by atoms with van der Waals surface area (Å²) in [5, 5.41) is 11.3. The average Bonchev–Trinajstić information content (AvgIpc) is 2.32. The molecular weight excluding hydrogens is 305 g/mol. The maximum absolute atomic E-state index is 12.8. The zero-order chi connectivity index (χ0) is 13.7. The number of hydrazone groups is 1. The number of benzene rings is 1. The van der Waals surface area contributed by atoms with Crippen LogP contribution in [0.4, 0.5) is 10.1 Å². The summed E-state index contributed by atoms with van der Waals surface area (Å²) in [5.74, 6) is -1.92. The molecule has 0 aliphatic carbocycles. The monoisotopic (exact) mass is 310 g/mol. The summed E-state index contributed by atoms with van der Waals surface area (Å²) in [6.07, 6.45) is 1.01. The van der Waals surface area contributed by atoms with E-state index in [1.165, 1.54) is 12.1 Å². The van der Waals surface area contributed by atoms with Gasteiger partial charge in [0, 0.05) is 0 Å². The van der Waals surface area contributed by atoms with Crippen LogP contribution in [0.5, 0.6) is 0 Å². The largest absolute Gasteiger partial charge is 0.477 e. The van der Waals surface area contributed by atoms with Gasteiger partial charge in [0.25, 0.3) is 0 Å². The van der Waals surface area contributed by atoms with Gasteiger partial charge in [0.1, 0.15) is 10.8 Å². The van der Waals surface area contributed by atoms with Crippen LogP contribution in [0.2, 0.25) is 5.02 Å². The summed E-state index contributed by atoms with van der Waals surface area (Å²) in [6.45, 7) is 0. The Morgan fingerprint density at radius 2 is 2.11 bits per heavy atom. The molecule has 4 nitrogen and oxygen atoms in total. The molecule has 0 radical (unpaired) electrons. The van der Waals surface area contributed by atoms with Crippen molar-refractivity contribution in [1.29, 1.82) is 0 Å². The first-order valence-electron chi connectivity index (χ1n) is 4.44. The molecule has 0 bridgehead atoms. The number of nitrogens with one attached hydrogen (secondary N) is 1. The summed E-state index contributed by atoms with van der Waals surface area (Å²) >= 11 is 16.4. The van der Waals surface area contributed by atoms with Crippen molar-refractivity contribution in [3.8, 4) is 0 Å². The summed E-state index contributed by atoms with van der Waals surface area (Å²) in [7, 11) is 0. The molecule has 0 aromatic heterocycles. The highest BCUT2D eigenvalue weighted by Crippen LogP contribution is 2.19. The van der Waals surface area contributed by atoms with E-state index in [0.717, 1.165) is 12.3 Å². The molecule has 0 aliphatic rings. The van der Waals surface area contributed by atoms with Crippen LogP contribution in [0.25, 0.3) is 0 Å². The number of halogens is 4. The molecule has 1 aromatic rings. The average molecular weight is 312 g/mol.